The van der Waals surface area contributed by atoms with Crippen molar-refractivity contribution in [3.05, 3.63) is 70.9 Å². The van der Waals surface area contributed by atoms with E-state index in [1.54, 1.807) is 13.3 Å². The van der Waals surface area contributed by atoms with Crippen LogP contribution in [0.15, 0.2) is 54.7 Å². The van der Waals surface area contributed by atoms with E-state index >= 15 is 0 Å². The van der Waals surface area contributed by atoms with E-state index in [2.05, 4.69) is 34.1 Å². The Bertz CT molecular complexity index is 1160. The highest BCUT2D eigenvalue weighted by atomic mass is 35.5. The number of aliphatic hydroxyl groups excluding tert-OH is 1. The smallest absolute Gasteiger partial charge is 0.303 e. The minimum absolute atomic E-state index is 0.121. The van der Waals surface area contributed by atoms with Crippen molar-refractivity contribution in [2.45, 2.75) is 51.0 Å². The summed E-state index contributed by atoms with van der Waals surface area (Å²) in [7, 11) is 1.60. The van der Waals surface area contributed by atoms with Crippen LogP contribution in [-0.2, 0) is 11.2 Å². The number of fused-ring (bicyclic) bond motifs is 1. The normalized spacial score (nSPS) is 16.6. The predicted molar refractivity (Wildman–Crippen MR) is 143 cm³/mol. The van der Waals surface area contributed by atoms with E-state index < -0.39 is 12.1 Å². The number of aromatic nitrogens is 1. The monoisotopic (exact) mass is 510 g/mol. The van der Waals surface area contributed by atoms with Crippen molar-refractivity contribution in [1.82, 2.24) is 9.88 Å². The Balaban J connectivity index is 1.39. The van der Waals surface area contributed by atoms with Crippen LogP contribution >= 0.6 is 11.6 Å². The minimum atomic E-state index is -0.815. The van der Waals surface area contributed by atoms with Gasteiger partial charge in [0.05, 0.1) is 30.2 Å². The summed E-state index contributed by atoms with van der Waals surface area (Å²) in [5.74, 6) is -0.110. The molecule has 0 saturated carbocycles. The zero-order valence-electron chi connectivity index (χ0n) is 20.8. The highest BCUT2D eigenvalue weighted by molar-refractivity contribution is 6.32. The number of benzene rings is 2. The van der Waals surface area contributed by atoms with Crippen LogP contribution in [0.4, 0.5) is 0 Å². The molecule has 1 aromatic heterocycles. The maximum Gasteiger partial charge on any atom is 0.303 e. The average Bonchev–Trinajstić information content (AvgIpc) is 2.88. The number of ether oxygens (including phenoxy) is 1. The third-order valence-electron chi connectivity index (χ3n) is 7.58. The Morgan fingerprint density at radius 3 is 2.64 bits per heavy atom. The molecule has 2 heterocycles. The third kappa shape index (κ3) is 6.55. The first-order valence-corrected chi connectivity index (χ1v) is 13.1. The highest BCUT2D eigenvalue weighted by Gasteiger charge is 2.37. The zero-order chi connectivity index (χ0) is 25.5. The number of hydrogen-bond donors (Lipinski definition) is 2. The number of hydrogen-bond acceptors (Lipinski definition) is 5. The van der Waals surface area contributed by atoms with Crippen LogP contribution in [0.25, 0.3) is 10.9 Å². The molecule has 6 nitrogen and oxygen atoms in total. The van der Waals surface area contributed by atoms with Crippen LogP contribution in [0.5, 0.6) is 5.75 Å². The minimum Gasteiger partial charge on any atom is -0.497 e. The fourth-order valence-electron chi connectivity index (χ4n) is 5.46. The molecule has 4 rings (SSSR count). The second-order valence-corrected chi connectivity index (χ2v) is 10.4. The van der Waals surface area contributed by atoms with Crippen LogP contribution in [0.3, 0.4) is 0 Å². The summed E-state index contributed by atoms with van der Waals surface area (Å²) in [6.45, 7) is 2.78. The number of halogens is 1. The van der Waals surface area contributed by atoms with Gasteiger partial charge >= 0.3 is 5.97 Å². The number of carboxylic acid groups (broad SMARTS) is 1. The maximum absolute atomic E-state index is 11.8. The lowest BCUT2D eigenvalue weighted by Gasteiger charge is -2.41. The van der Waals surface area contributed by atoms with Crippen LogP contribution in [0, 0.1) is 5.41 Å². The first-order chi connectivity index (χ1) is 17.4. The number of aliphatic carboxylic acids is 1. The predicted octanol–water partition coefficient (Wildman–Crippen LogP) is 5.90. The molecule has 0 radical (unpaired) electrons. The highest BCUT2D eigenvalue weighted by Crippen LogP contribution is 2.43. The molecular formula is C29H35ClN2O4. The van der Waals surface area contributed by atoms with Gasteiger partial charge < -0.3 is 19.8 Å². The van der Waals surface area contributed by atoms with Crippen molar-refractivity contribution < 1.29 is 19.7 Å². The van der Waals surface area contributed by atoms with Gasteiger partial charge in [0, 0.05) is 17.1 Å². The quantitative estimate of drug-likeness (QED) is 0.334. The van der Waals surface area contributed by atoms with Crippen LogP contribution in [-0.4, -0.2) is 52.8 Å². The SMILES string of the molecule is COc1ccc2ncc(Cl)c([C@H](O)CCC3(CC(=O)O)CCN(CCCc4ccccc4)CC3)c2c1. The Morgan fingerprint density at radius 1 is 1.19 bits per heavy atom. The summed E-state index contributed by atoms with van der Waals surface area (Å²) in [4.78, 5) is 18.6. The lowest BCUT2D eigenvalue weighted by molar-refractivity contribution is -0.141. The van der Waals surface area contributed by atoms with Gasteiger partial charge in [-0.1, -0.05) is 41.9 Å². The fraction of sp³-hybridized carbons (Fsp3) is 0.448. The maximum atomic E-state index is 11.8. The number of rotatable bonds is 11. The molecule has 0 amide bonds. The lowest BCUT2D eigenvalue weighted by Crippen LogP contribution is -2.41. The zero-order valence-corrected chi connectivity index (χ0v) is 21.6. The Morgan fingerprint density at radius 2 is 1.94 bits per heavy atom. The topological polar surface area (TPSA) is 82.9 Å². The van der Waals surface area contributed by atoms with Gasteiger partial charge in [-0.25, -0.2) is 0 Å². The van der Waals surface area contributed by atoms with E-state index in [9.17, 15) is 15.0 Å². The summed E-state index contributed by atoms with van der Waals surface area (Å²) >= 11 is 6.48. The van der Waals surface area contributed by atoms with Gasteiger partial charge in [-0.3, -0.25) is 9.78 Å². The molecule has 1 aliphatic heterocycles. The number of pyridine rings is 1. The Labute approximate surface area is 217 Å². The molecule has 2 N–H and O–H groups in total. The van der Waals surface area contributed by atoms with Gasteiger partial charge in [-0.15, -0.1) is 0 Å². The molecule has 0 bridgehead atoms. The second-order valence-electron chi connectivity index (χ2n) is 9.96. The molecule has 0 aliphatic carbocycles. The number of piperidine rings is 1. The van der Waals surface area contributed by atoms with Gasteiger partial charge in [-0.2, -0.15) is 0 Å². The van der Waals surface area contributed by atoms with Gasteiger partial charge in [0.2, 0.25) is 0 Å². The van der Waals surface area contributed by atoms with Crippen LogP contribution < -0.4 is 4.74 Å². The van der Waals surface area contributed by atoms with E-state index in [4.69, 9.17) is 16.3 Å². The number of carboxylic acids is 1. The molecule has 0 spiro atoms. The summed E-state index contributed by atoms with van der Waals surface area (Å²) in [5.41, 5.74) is 2.39. The number of methoxy groups -OCH3 is 1. The van der Waals surface area contributed by atoms with Gasteiger partial charge in [0.1, 0.15) is 5.75 Å². The number of likely N-dealkylation sites (tertiary alicyclic amines) is 1. The average molecular weight is 511 g/mol. The number of aliphatic hydroxyl groups is 1. The molecule has 3 aromatic rings. The van der Waals surface area contributed by atoms with Crippen molar-refractivity contribution in [3.63, 3.8) is 0 Å². The Kier molecular flexibility index (Phi) is 8.83. The Hall–Kier alpha value is -2.67. The van der Waals surface area contributed by atoms with Crippen LogP contribution in [0.2, 0.25) is 5.02 Å². The number of nitrogens with zero attached hydrogens (tertiary/aromatic N) is 2. The molecule has 192 valence electrons. The summed E-state index contributed by atoms with van der Waals surface area (Å²) in [6, 6.07) is 16.0. The first-order valence-electron chi connectivity index (χ1n) is 12.7. The van der Waals surface area contributed by atoms with Crippen LogP contribution in [0.1, 0.15) is 55.8 Å². The molecule has 1 atom stereocenters. The van der Waals surface area contributed by atoms with Crippen molar-refractivity contribution >= 4 is 28.5 Å². The standard InChI is InChI=1S/C29H35ClN2O4/c1-36-22-9-10-25-23(18-22)28(24(30)20-31-25)26(33)11-12-29(19-27(34)35)13-16-32(17-14-29)15-5-8-21-6-3-2-4-7-21/h2-4,6-7,9-10,18,20,26,33H,5,8,11-17,19H2,1H3,(H,34,35)/t26-/m1/s1. The first kappa shape index (κ1) is 26.4. The summed E-state index contributed by atoms with van der Waals surface area (Å²) in [6.07, 6.45) is 5.71. The summed E-state index contributed by atoms with van der Waals surface area (Å²) < 4.78 is 5.35. The number of aryl methyl sites for hydroxylation is 1. The summed E-state index contributed by atoms with van der Waals surface area (Å²) in [5, 5.41) is 22.0. The van der Waals surface area contributed by atoms with E-state index in [0.717, 1.165) is 56.2 Å². The molecule has 1 fully saturated rings. The molecule has 0 unspecified atom stereocenters. The largest absolute Gasteiger partial charge is 0.497 e. The van der Waals surface area contributed by atoms with E-state index in [1.807, 2.05) is 24.3 Å². The van der Waals surface area contributed by atoms with Crippen molar-refractivity contribution in [3.8, 4) is 5.75 Å². The lowest BCUT2D eigenvalue weighted by atomic mass is 9.71. The number of carbonyl (C=O) groups is 1. The fourth-order valence-corrected chi connectivity index (χ4v) is 5.74. The van der Waals surface area contributed by atoms with E-state index in [1.165, 1.54) is 5.56 Å². The molecule has 1 aliphatic rings. The van der Waals surface area contributed by atoms with Crippen molar-refractivity contribution in [2.24, 2.45) is 5.41 Å². The van der Waals surface area contributed by atoms with E-state index in [-0.39, 0.29) is 11.8 Å². The molecule has 7 heteroatoms. The van der Waals surface area contributed by atoms with E-state index in [0.29, 0.717) is 29.2 Å². The second kappa shape index (κ2) is 12.0. The van der Waals surface area contributed by atoms with Gasteiger partial charge in [0.25, 0.3) is 0 Å². The molecule has 2 aromatic carbocycles. The molecule has 36 heavy (non-hydrogen) atoms. The van der Waals surface area contributed by atoms with Gasteiger partial charge in [0.15, 0.2) is 0 Å². The van der Waals surface area contributed by atoms with Gasteiger partial charge in [-0.05, 0) is 87.3 Å². The third-order valence-corrected chi connectivity index (χ3v) is 7.88. The van der Waals surface area contributed by atoms with Crippen molar-refractivity contribution in [1.29, 1.82) is 0 Å². The molecular weight excluding hydrogens is 476 g/mol. The molecule has 1 saturated heterocycles. The van der Waals surface area contributed by atoms with Crippen molar-refractivity contribution in [2.75, 3.05) is 26.7 Å².